The number of hydrogen-bond donors (Lipinski definition) is 3. The highest BCUT2D eigenvalue weighted by Crippen LogP contribution is 2.21. The molecule has 6 nitrogen and oxygen atoms in total. The van der Waals surface area contributed by atoms with Crippen molar-refractivity contribution in [2.24, 2.45) is 5.41 Å². The lowest BCUT2D eigenvalue weighted by molar-refractivity contribution is 0.350. The van der Waals surface area contributed by atoms with E-state index in [1.165, 1.54) is 0 Å². The van der Waals surface area contributed by atoms with Crippen LogP contribution >= 0.6 is 0 Å². The molecule has 0 aliphatic heterocycles. The molecule has 0 aromatic carbocycles. The second-order valence-electron chi connectivity index (χ2n) is 6.14. The van der Waals surface area contributed by atoms with Gasteiger partial charge in [-0.25, -0.2) is 13.1 Å². The van der Waals surface area contributed by atoms with E-state index in [0.717, 1.165) is 19.4 Å². The van der Waals surface area contributed by atoms with Crippen molar-refractivity contribution in [2.45, 2.75) is 58.9 Å². The van der Waals surface area contributed by atoms with E-state index in [2.05, 4.69) is 34.1 Å². The van der Waals surface area contributed by atoms with Crippen molar-refractivity contribution in [2.75, 3.05) is 13.1 Å². The number of nitrogens with one attached hydrogen (secondary N) is 3. The number of nitrogens with zero attached hydrogens (tertiary/aromatic N) is 1. The van der Waals surface area contributed by atoms with Crippen LogP contribution in [0.1, 0.15) is 51.9 Å². The lowest BCUT2D eigenvalue weighted by Gasteiger charge is -2.22. The molecule has 0 saturated carbocycles. The van der Waals surface area contributed by atoms with Crippen LogP contribution in [0.25, 0.3) is 0 Å². The molecule has 0 aliphatic rings. The van der Waals surface area contributed by atoms with Crippen LogP contribution in [0, 0.1) is 12.3 Å². The Balaban J connectivity index is 2.89. The summed E-state index contributed by atoms with van der Waals surface area (Å²) in [4.78, 5) is 0.276. The Bertz CT molecular complexity index is 549. The number of H-pyrrole nitrogens is 1. The largest absolute Gasteiger partial charge is 0.311 e. The number of aromatic amines is 1. The number of aromatic nitrogens is 2. The summed E-state index contributed by atoms with van der Waals surface area (Å²) in [5.74, 6) is 0. The molecular weight excluding hydrogens is 288 g/mol. The summed E-state index contributed by atoms with van der Waals surface area (Å²) in [7, 11) is -3.54. The first-order chi connectivity index (χ1) is 9.73. The van der Waals surface area contributed by atoms with Crippen molar-refractivity contribution in [3.63, 3.8) is 0 Å². The zero-order chi connectivity index (χ0) is 16.1. The Labute approximate surface area is 128 Å². The van der Waals surface area contributed by atoms with Gasteiger partial charge in [-0.2, -0.15) is 5.10 Å². The van der Waals surface area contributed by atoms with E-state index in [0.29, 0.717) is 24.5 Å². The summed E-state index contributed by atoms with van der Waals surface area (Å²) in [6.45, 7) is 11.6. The van der Waals surface area contributed by atoms with E-state index >= 15 is 0 Å². The zero-order valence-electron chi connectivity index (χ0n) is 13.7. The van der Waals surface area contributed by atoms with Crippen LogP contribution in [-0.2, 0) is 16.6 Å². The molecule has 7 heteroatoms. The summed E-state index contributed by atoms with van der Waals surface area (Å²) in [5.41, 5.74) is 1.05. The number of sulfonamides is 1. The molecule has 0 saturated heterocycles. The fourth-order valence-corrected chi connectivity index (χ4v) is 3.42. The Hall–Kier alpha value is -0.920. The van der Waals surface area contributed by atoms with Gasteiger partial charge in [0.1, 0.15) is 4.90 Å². The van der Waals surface area contributed by atoms with Crippen molar-refractivity contribution in [1.29, 1.82) is 0 Å². The average Bonchev–Trinajstić information content (AvgIpc) is 2.79. The molecule has 3 N–H and O–H groups in total. The van der Waals surface area contributed by atoms with Crippen LogP contribution in [0.3, 0.4) is 0 Å². The van der Waals surface area contributed by atoms with Crippen LogP contribution < -0.4 is 10.0 Å². The number of aryl methyl sites for hydroxylation is 1. The first-order valence-electron chi connectivity index (χ1n) is 7.47. The summed E-state index contributed by atoms with van der Waals surface area (Å²) >= 11 is 0. The first kappa shape index (κ1) is 18.1. The summed E-state index contributed by atoms with van der Waals surface area (Å²) in [6.07, 6.45) is 1.90. The standard InChI is InChI=1S/C14H28N4O2S/c1-6-8-15-9-12-13(11(3)17-18-12)21(19,20)16-10-14(4,5)7-2/h15-16H,6-10H2,1-5H3,(H,17,18). The lowest BCUT2D eigenvalue weighted by Crippen LogP contribution is -2.34. The van der Waals surface area contributed by atoms with Gasteiger partial charge in [-0.15, -0.1) is 0 Å². The average molecular weight is 316 g/mol. The highest BCUT2D eigenvalue weighted by molar-refractivity contribution is 7.89. The van der Waals surface area contributed by atoms with Gasteiger partial charge in [-0.05, 0) is 31.7 Å². The minimum atomic E-state index is -3.54. The molecule has 1 heterocycles. The van der Waals surface area contributed by atoms with Gasteiger partial charge >= 0.3 is 0 Å². The summed E-state index contributed by atoms with van der Waals surface area (Å²) in [5, 5.41) is 10.1. The fourth-order valence-electron chi connectivity index (χ4n) is 1.82. The Morgan fingerprint density at radius 1 is 1.29 bits per heavy atom. The first-order valence-corrected chi connectivity index (χ1v) is 8.96. The molecule has 0 aliphatic carbocycles. The highest BCUT2D eigenvalue weighted by atomic mass is 32.2. The van der Waals surface area contributed by atoms with Gasteiger partial charge in [-0.3, -0.25) is 5.10 Å². The smallest absolute Gasteiger partial charge is 0.244 e. The number of rotatable bonds is 9. The molecule has 0 fully saturated rings. The van der Waals surface area contributed by atoms with E-state index in [1.807, 2.05) is 13.8 Å². The maximum Gasteiger partial charge on any atom is 0.244 e. The topological polar surface area (TPSA) is 86.9 Å². The van der Waals surface area contributed by atoms with E-state index in [9.17, 15) is 8.42 Å². The maximum atomic E-state index is 12.5. The second kappa shape index (κ2) is 7.38. The third-order valence-electron chi connectivity index (χ3n) is 3.65. The Kier molecular flexibility index (Phi) is 6.37. The molecule has 0 amide bonds. The fraction of sp³-hybridized carbons (Fsp3) is 0.786. The van der Waals surface area contributed by atoms with Crippen LogP contribution in [0.4, 0.5) is 0 Å². The van der Waals surface area contributed by atoms with Gasteiger partial charge in [0.05, 0.1) is 11.4 Å². The molecule has 21 heavy (non-hydrogen) atoms. The minimum absolute atomic E-state index is 0.0642. The third-order valence-corrected chi connectivity index (χ3v) is 5.25. The van der Waals surface area contributed by atoms with Crippen molar-refractivity contribution in [3.8, 4) is 0 Å². The van der Waals surface area contributed by atoms with E-state index in [-0.39, 0.29) is 10.3 Å². The maximum absolute atomic E-state index is 12.5. The van der Waals surface area contributed by atoms with Gasteiger partial charge in [0.25, 0.3) is 0 Å². The molecule has 122 valence electrons. The predicted octanol–water partition coefficient (Wildman–Crippen LogP) is 1.93. The van der Waals surface area contributed by atoms with E-state index in [1.54, 1.807) is 6.92 Å². The minimum Gasteiger partial charge on any atom is -0.311 e. The Morgan fingerprint density at radius 2 is 1.95 bits per heavy atom. The monoisotopic (exact) mass is 316 g/mol. The molecule has 0 radical (unpaired) electrons. The van der Waals surface area contributed by atoms with Crippen molar-refractivity contribution in [3.05, 3.63) is 11.4 Å². The molecule has 0 bridgehead atoms. The normalized spacial score (nSPS) is 12.8. The lowest BCUT2D eigenvalue weighted by atomic mass is 9.91. The zero-order valence-corrected chi connectivity index (χ0v) is 14.5. The van der Waals surface area contributed by atoms with Crippen LogP contribution in [0.5, 0.6) is 0 Å². The molecule has 0 unspecified atom stereocenters. The van der Waals surface area contributed by atoms with Gasteiger partial charge in [0.2, 0.25) is 10.0 Å². The van der Waals surface area contributed by atoms with Crippen molar-refractivity contribution in [1.82, 2.24) is 20.2 Å². The highest BCUT2D eigenvalue weighted by Gasteiger charge is 2.26. The van der Waals surface area contributed by atoms with Crippen LogP contribution in [-0.4, -0.2) is 31.7 Å². The van der Waals surface area contributed by atoms with Crippen molar-refractivity contribution >= 4 is 10.0 Å². The van der Waals surface area contributed by atoms with Gasteiger partial charge < -0.3 is 5.32 Å². The van der Waals surface area contributed by atoms with Crippen LogP contribution in [0.2, 0.25) is 0 Å². The SMILES string of the molecule is CCCNCc1n[nH]c(C)c1S(=O)(=O)NCC(C)(C)CC. The molecule has 1 aromatic rings. The van der Waals surface area contributed by atoms with E-state index < -0.39 is 10.0 Å². The van der Waals surface area contributed by atoms with Gasteiger partial charge in [0.15, 0.2) is 0 Å². The van der Waals surface area contributed by atoms with Gasteiger partial charge in [-0.1, -0.05) is 27.7 Å². The number of hydrogen-bond acceptors (Lipinski definition) is 4. The second-order valence-corrected chi connectivity index (χ2v) is 7.85. The molecule has 1 aromatic heterocycles. The quantitative estimate of drug-likeness (QED) is 0.608. The molecular formula is C14H28N4O2S. The Morgan fingerprint density at radius 3 is 2.52 bits per heavy atom. The predicted molar refractivity (Wildman–Crippen MR) is 84.6 cm³/mol. The van der Waals surface area contributed by atoms with Crippen LogP contribution in [0.15, 0.2) is 4.90 Å². The molecule has 1 rings (SSSR count). The third kappa shape index (κ3) is 5.09. The summed E-state index contributed by atoms with van der Waals surface area (Å²) in [6, 6.07) is 0. The van der Waals surface area contributed by atoms with E-state index in [4.69, 9.17) is 0 Å². The van der Waals surface area contributed by atoms with Crippen molar-refractivity contribution < 1.29 is 8.42 Å². The summed E-state index contributed by atoms with van der Waals surface area (Å²) < 4.78 is 27.8. The van der Waals surface area contributed by atoms with Gasteiger partial charge in [0, 0.05) is 13.1 Å². The molecule has 0 spiro atoms. The molecule has 0 atom stereocenters.